The van der Waals surface area contributed by atoms with Crippen molar-refractivity contribution in [3.8, 4) is 11.1 Å². The van der Waals surface area contributed by atoms with Crippen molar-refractivity contribution >= 4 is 17.6 Å². The highest BCUT2D eigenvalue weighted by Crippen LogP contribution is 2.20. The van der Waals surface area contributed by atoms with Gasteiger partial charge in [0, 0.05) is 24.8 Å². The third kappa shape index (κ3) is 5.72. The van der Waals surface area contributed by atoms with Crippen LogP contribution in [0.2, 0.25) is 0 Å². The van der Waals surface area contributed by atoms with Crippen LogP contribution < -0.4 is 10.6 Å². The zero-order valence-electron chi connectivity index (χ0n) is 17.5. The van der Waals surface area contributed by atoms with Gasteiger partial charge in [-0.2, -0.15) is 0 Å². The van der Waals surface area contributed by atoms with Crippen molar-refractivity contribution in [2.75, 3.05) is 18.4 Å². The summed E-state index contributed by atoms with van der Waals surface area (Å²) < 4.78 is 0. The lowest BCUT2D eigenvalue weighted by Crippen LogP contribution is -2.47. The fraction of sp³-hybridized carbons (Fsp3) is 0.231. The number of carbonyl (C=O) groups excluding carboxylic acids is 2. The minimum absolute atomic E-state index is 0.0814. The first kappa shape index (κ1) is 20.7. The molecular weight excluding hydrogens is 386 g/mol. The fourth-order valence-electron chi connectivity index (χ4n) is 3.88. The SMILES string of the molecule is O=C(Nc1ccccc1)NC1CCN(C(=O)Cc2ccc(-c3ccccc3)cc2)CC1. The van der Waals surface area contributed by atoms with E-state index in [0.717, 1.165) is 29.7 Å². The molecule has 0 unspecified atom stereocenters. The molecule has 0 atom stereocenters. The van der Waals surface area contributed by atoms with E-state index in [1.54, 1.807) is 0 Å². The summed E-state index contributed by atoms with van der Waals surface area (Å²) in [6.45, 7) is 1.33. The molecule has 0 spiro atoms. The van der Waals surface area contributed by atoms with Crippen molar-refractivity contribution in [1.29, 1.82) is 0 Å². The standard InChI is InChI=1S/C26H27N3O2/c30-25(19-20-11-13-22(14-12-20)21-7-3-1-4-8-21)29-17-15-24(16-18-29)28-26(31)27-23-9-5-2-6-10-23/h1-14,24H,15-19H2,(H2,27,28,31). The molecule has 0 aromatic heterocycles. The summed E-state index contributed by atoms with van der Waals surface area (Å²) in [6.07, 6.45) is 1.93. The summed E-state index contributed by atoms with van der Waals surface area (Å²) >= 11 is 0. The van der Waals surface area contributed by atoms with Crippen LogP contribution in [-0.2, 0) is 11.2 Å². The Labute approximate surface area is 183 Å². The number of urea groups is 1. The molecule has 1 fully saturated rings. The molecule has 3 aromatic rings. The number of nitrogens with one attached hydrogen (secondary N) is 2. The third-order valence-corrected chi connectivity index (χ3v) is 5.63. The van der Waals surface area contributed by atoms with Crippen LogP contribution in [0.15, 0.2) is 84.9 Å². The predicted molar refractivity (Wildman–Crippen MR) is 124 cm³/mol. The van der Waals surface area contributed by atoms with Gasteiger partial charge in [0.15, 0.2) is 0 Å². The second kappa shape index (κ2) is 9.94. The van der Waals surface area contributed by atoms with E-state index in [1.807, 2.05) is 65.6 Å². The Morgan fingerprint density at radius 2 is 1.35 bits per heavy atom. The quantitative estimate of drug-likeness (QED) is 0.636. The van der Waals surface area contributed by atoms with Gasteiger partial charge in [0.1, 0.15) is 0 Å². The monoisotopic (exact) mass is 413 g/mol. The van der Waals surface area contributed by atoms with Gasteiger partial charge in [0.25, 0.3) is 0 Å². The number of amides is 3. The van der Waals surface area contributed by atoms with Crippen LogP contribution in [0.25, 0.3) is 11.1 Å². The van der Waals surface area contributed by atoms with Gasteiger partial charge in [-0.25, -0.2) is 4.79 Å². The Kier molecular flexibility index (Phi) is 6.62. The molecule has 1 saturated heterocycles. The maximum absolute atomic E-state index is 12.7. The highest BCUT2D eigenvalue weighted by Gasteiger charge is 2.23. The number of piperidine rings is 1. The van der Waals surface area contributed by atoms with Crippen LogP contribution in [0.3, 0.4) is 0 Å². The Hall–Kier alpha value is -3.60. The van der Waals surface area contributed by atoms with E-state index in [0.29, 0.717) is 19.5 Å². The third-order valence-electron chi connectivity index (χ3n) is 5.63. The molecule has 2 N–H and O–H groups in total. The number of para-hydroxylation sites is 1. The first-order valence-electron chi connectivity index (χ1n) is 10.7. The van der Waals surface area contributed by atoms with Crippen molar-refractivity contribution in [3.63, 3.8) is 0 Å². The number of hydrogen-bond acceptors (Lipinski definition) is 2. The summed E-state index contributed by atoms with van der Waals surface area (Å²) in [5.74, 6) is 0.139. The van der Waals surface area contributed by atoms with E-state index in [-0.39, 0.29) is 18.0 Å². The summed E-state index contributed by atoms with van der Waals surface area (Å²) in [5, 5.41) is 5.85. The molecule has 1 aliphatic rings. The Morgan fingerprint density at radius 3 is 2.00 bits per heavy atom. The lowest BCUT2D eigenvalue weighted by molar-refractivity contribution is -0.131. The number of benzene rings is 3. The van der Waals surface area contributed by atoms with Gasteiger partial charge in [-0.15, -0.1) is 0 Å². The highest BCUT2D eigenvalue weighted by molar-refractivity contribution is 5.89. The second-order valence-corrected chi connectivity index (χ2v) is 7.86. The first-order valence-corrected chi connectivity index (χ1v) is 10.7. The lowest BCUT2D eigenvalue weighted by atomic mass is 10.0. The molecule has 0 bridgehead atoms. The maximum Gasteiger partial charge on any atom is 0.319 e. The topological polar surface area (TPSA) is 61.4 Å². The molecule has 3 amide bonds. The smallest absolute Gasteiger partial charge is 0.319 e. The van der Waals surface area contributed by atoms with Crippen molar-refractivity contribution in [1.82, 2.24) is 10.2 Å². The van der Waals surface area contributed by atoms with Crippen LogP contribution in [0.5, 0.6) is 0 Å². The van der Waals surface area contributed by atoms with Gasteiger partial charge >= 0.3 is 6.03 Å². The molecule has 4 rings (SSSR count). The predicted octanol–water partition coefficient (Wildman–Crippen LogP) is 4.71. The summed E-state index contributed by atoms with van der Waals surface area (Å²) in [4.78, 5) is 26.8. The zero-order chi connectivity index (χ0) is 21.5. The van der Waals surface area contributed by atoms with Crippen molar-refractivity contribution < 1.29 is 9.59 Å². The van der Waals surface area contributed by atoms with E-state index < -0.39 is 0 Å². The number of hydrogen-bond donors (Lipinski definition) is 2. The number of likely N-dealkylation sites (tertiary alicyclic amines) is 1. The normalized spacial score (nSPS) is 14.1. The minimum atomic E-state index is -0.200. The van der Waals surface area contributed by atoms with Crippen LogP contribution in [0.1, 0.15) is 18.4 Å². The van der Waals surface area contributed by atoms with Gasteiger partial charge in [0.2, 0.25) is 5.91 Å². The largest absolute Gasteiger partial charge is 0.342 e. The molecule has 0 aliphatic carbocycles. The number of nitrogens with zero attached hydrogens (tertiary/aromatic N) is 1. The van der Waals surface area contributed by atoms with E-state index in [2.05, 4.69) is 34.9 Å². The molecule has 3 aromatic carbocycles. The molecule has 5 heteroatoms. The molecule has 158 valence electrons. The van der Waals surface area contributed by atoms with Crippen molar-refractivity contribution in [3.05, 3.63) is 90.5 Å². The van der Waals surface area contributed by atoms with E-state index in [9.17, 15) is 9.59 Å². The van der Waals surface area contributed by atoms with E-state index in [1.165, 1.54) is 5.56 Å². The average Bonchev–Trinajstić information content (AvgIpc) is 2.81. The van der Waals surface area contributed by atoms with E-state index >= 15 is 0 Å². The lowest BCUT2D eigenvalue weighted by Gasteiger charge is -2.32. The Morgan fingerprint density at radius 1 is 0.774 bits per heavy atom. The molecule has 0 radical (unpaired) electrons. The van der Waals surface area contributed by atoms with Crippen LogP contribution >= 0.6 is 0 Å². The van der Waals surface area contributed by atoms with E-state index in [4.69, 9.17) is 0 Å². The van der Waals surface area contributed by atoms with Crippen LogP contribution in [-0.4, -0.2) is 36.0 Å². The maximum atomic E-state index is 12.7. The molecule has 31 heavy (non-hydrogen) atoms. The average molecular weight is 414 g/mol. The molecule has 5 nitrogen and oxygen atoms in total. The second-order valence-electron chi connectivity index (χ2n) is 7.86. The van der Waals surface area contributed by atoms with Gasteiger partial charge in [0.05, 0.1) is 6.42 Å². The summed E-state index contributed by atoms with van der Waals surface area (Å²) in [5.41, 5.74) is 4.11. The van der Waals surface area contributed by atoms with Crippen molar-refractivity contribution in [2.24, 2.45) is 0 Å². The van der Waals surface area contributed by atoms with Gasteiger partial charge in [-0.3, -0.25) is 4.79 Å². The molecule has 0 saturated carbocycles. The fourth-order valence-corrected chi connectivity index (χ4v) is 3.88. The number of anilines is 1. The van der Waals surface area contributed by atoms with Gasteiger partial charge < -0.3 is 15.5 Å². The highest BCUT2D eigenvalue weighted by atomic mass is 16.2. The van der Waals surface area contributed by atoms with Crippen molar-refractivity contribution in [2.45, 2.75) is 25.3 Å². The molecular formula is C26H27N3O2. The number of rotatable bonds is 5. The zero-order valence-corrected chi connectivity index (χ0v) is 17.5. The number of carbonyl (C=O) groups is 2. The first-order chi connectivity index (χ1) is 15.2. The summed E-state index contributed by atoms with van der Waals surface area (Å²) in [6, 6.07) is 27.7. The van der Waals surface area contributed by atoms with Gasteiger partial charge in [-0.05, 0) is 41.7 Å². The van der Waals surface area contributed by atoms with Crippen LogP contribution in [0, 0.1) is 0 Å². The molecule has 1 heterocycles. The summed E-state index contributed by atoms with van der Waals surface area (Å²) in [7, 11) is 0. The van der Waals surface area contributed by atoms with Crippen LogP contribution in [0.4, 0.5) is 10.5 Å². The Bertz CT molecular complexity index is 996. The van der Waals surface area contributed by atoms with Gasteiger partial charge in [-0.1, -0.05) is 72.8 Å². The Balaban J connectivity index is 1.23. The minimum Gasteiger partial charge on any atom is -0.342 e. The molecule has 1 aliphatic heterocycles.